The minimum atomic E-state index is 0.182. The summed E-state index contributed by atoms with van der Waals surface area (Å²) in [5.74, 6) is 0.551. The molecular formula is C28H22N2O3. The lowest BCUT2D eigenvalue weighted by Gasteiger charge is -2.13. The molecule has 0 saturated carbocycles. The monoisotopic (exact) mass is 434 g/mol. The summed E-state index contributed by atoms with van der Waals surface area (Å²) >= 11 is 0. The van der Waals surface area contributed by atoms with Gasteiger partial charge in [0.15, 0.2) is 0 Å². The molecule has 0 spiro atoms. The molecule has 4 aromatic carbocycles. The molecule has 5 rings (SSSR count). The Hall–Kier alpha value is -4.51. The fourth-order valence-corrected chi connectivity index (χ4v) is 4.00. The van der Waals surface area contributed by atoms with Crippen molar-refractivity contribution in [1.82, 2.24) is 9.78 Å². The highest BCUT2D eigenvalue weighted by Gasteiger charge is 2.23. The van der Waals surface area contributed by atoms with Crippen LogP contribution in [0.1, 0.15) is 5.56 Å². The van der Waals surface area contributed by atoms with Gasteiger partial charge in [0.2, 0.25) is 0 Å². The predicted octanol–water partition coefficient (Wildman–Crippen LogP) is 6.30. The summed E-state index contributed by atoms with van der Waals surface area (Å²) in [4.78, 5) is 0. The average Bonchev–Trinajstić information content (AvgIpc) is 3.21. The quantitative estimate of drug-likeness (QED) is 0.310. The van der Waals surface area contributed by atoms with Gasteiger partial charge < -0.3 is 15.3 Å². The zero-order valence-electron chi connectivity index (χ0n) is 18.0. The second-order valence-corrected chi connectivity index (χ2v) is 7.91. The van der Waals surface area contributed by atoms with Gasteiger partial charge in [0.1, 0.15) is 22.9 Å². The van der Waals surface area contributed by atoms with Crippen molar-refractivity contribution in [2.24, 2.45) is 0 Å². The summed E-state index contributed by atoms with van der Waals surface area (Å²) in [5, 5.41) is 34.6. The lowest BCUT2D eigenvalue weighted by molar-refractivity contribution is 0.475. The van der Waals surface area contributed by atoms with E-state index in [-0.39, 0.29) is 17.2 Å². The van der Waals surface area contributed by atoms with Crippen molar-refractivity contribution < 1.29 is 15.3 Å². The minimum absolute atomic E-state index is 0.182. The predicted molar refractivity (Wildman–Crippen MR) is 130 cm³/mol. The van der Waals surface area contributed by atoms with Crippen molar-refractivity contribution in [2.45, 2.75) is 6.92 Å². The number of para-hydroxylation sites is 1. The first kappa shape index (κ1) is 20.4. The van der Waals surface area contributed by atoms with Gasteiger partial charge in [-0.1, -0.05) is 30.3 Å². The van der Waals surface area contributed by atoms with Crippen LogP contribution >= 0.6 is 0 Å². The molecular weight excluding hydrogens is 412 g/mol. The van der Waals surface area contributed by atoms with E-state index in [4.69, 9.17) is 5.10 Å². The Morgan fingerprint density at radius 1 is 0.576 bits per heavy atom. The van der Waals surface area contributed by atoms with Crippen LogP contribution in [0.2, 0.25) is 0 Å². The average molecular weight is 434 g/mol. The van der Waals surface area contributed by atoms with Crippen LogP contribution in [0, 0.1) is 6.92 Å². The number of hydrogen-bond donors (Lipinski definition) is 3. The first-order chi connectivity index (χ1) is 16.0. The van der Waals surface area contributed by atoms with Crippen molar-refractivity contribution in [1.29, 1.82) is 0 Å². The van der Waals surface area contributed by atoms with Crippen LogP contribution in [-0.4, -0.2) is 25.1 Å². The summed E-state index contributed by atoms with van der Waals surface area (Å²) < 4.78 is 1.92. The van der Waals surface area contributed by atoms with Crippen LogP contribution in [0.25, 0.3) is 39.3 Å². The highest BCUT2D eigenvalue weighted by Crippen LogP contribution is 2.42. The molecule has 0 saturated heterocycles. The largest absolute Gasteiger partial charge is 0.508 e. The molecule has 0 atom stereocenters. The van der Waals surface area contributed by atoms with Crippen LogP contribution in [0.15, 0.2) is 97.1 Å². The maximum Gasteiger partial charge on any atom is 0.115 e. The van der Waals surface area contributed by atoms with E-state index in [0.717, 1.165) is 44.9 Å². The molecule has 1 aromatic heterocycles. The van der Waals surface area contributed by atoms with Crippen molar-refractivity contribution in [3.05, 3.63) is 103 Å². The molecule has 5 aromatic rings. The SMILES string of the molecule is Cc1ccccc1-n1nc(-c2ccc(O)cc2)c(-c2ccc(O)cc2)c1-c1ccc(O)cc1. The molecule has 3 N–H and O–H groups in total. The van der Waals surface area contributed by atoms with Crippen LogP contribution in [0.5, 0.6) is 17.2 Å². The summed E-state index contributed by atoms with van der Waals surface area (Å²) in [7, 11) is 0. The van der Waals surface area contributed by atoms with Gasteiger partial charge in [0.05, 0.1) is 11.4 Å². The molecule has 0 unspecified atom stereocenters. The lowest BCUT2D eigenvalue weighted by atomic mass is 9.95. The van der Waals surface area contributed by atoms with Gasteiger partial charge in [0.25, 0.3) is 0 Å². The summed E-state index contributed by atoms with van der Waals surface area (Å²) in [5.41, 5.74) is 7.11. The van der Waals surface area contributed by atoms with E-state index < -0.39 is 0 Å². The van der Waals surface area contributed by atoms with Gasteiger partial charge in [-0.15, -0.1) is 0 Å². The number of aromatic hydroxyl groups is 3. The van der Waals surface area contributed by atoms with Crippen molar-refractivity contribution in [3.63, 3.8) is 0 Å². The number of rotatable bonds is 4. The third-order valence-corrected chi connectivity index (χ3v) is 5.67. The number of hydrogen-bond acceptors (Lipinski definition) is 4. The normalized spacial score (nSPS) is 10.9. The number of aryl methyl sites for hydroxylation is 1. The van der Waals surface area contributed by atoms with E-state index in [2.05, 4.69) is 0 Å². The molecule has 1 heterocycles. The van der Waals surface area contributed by atoms with Crippen LogP contribution in [-0.2, 0) is 0 Å². The molecule has 0 bridgehead atoms. The van der Waals surface area contributed by atoms with E-state index in [1.165, 1.54) is 0 Å². The highest BCUT2D eigenvalue weighted by atomic mass is 16.3. The highest BCUT2D eigenvalue weighted by molar-refractivity contribution is 5.92. The van der Waals surface area contributed by atoms with Gasteiger partial charge >= 0.3 is 0 Å². The fraction of sp³-hybridized carbons (Fsp3) is 0.0357. The molecule has 162 valence electrons. The molecule has 0 aliphatic carbocycles. The van der Waals surface area contributed by atoms with Gasteiger partial charge in [0, 0.05) is 16.7 Å². The van der Waals surface area contributed by atoms with Crippen molar-refractivity contribution in [3.8, 4) is 56.6 Å². The maximum atomic E-state index is 9.89. The van der Waals surface area contributed by atoms with Crippen molar-refractivity contribution >= 4 is 0 Å². The van der Waals surface area contributed by atoms with Gasteiger partial charge in [-0.2, -0.15) is 5.10 Å². The Kier molecular flexibility index (Phi) is 5.07. The Labute approximate surface area is 191 Å². The van der Waals surface area contributed by atoms with E-state index >= 15 is 0 Å². The van der Waals surface area contributed by atoms with E-state index in [0.29, 0.717) is 0 Å². The second kappa shape index (κ2) is 8.20. The number of phenolic OH excluding ortho intramolecular Hbond substituents is 3. The van der Waals surface area contributed by atoms with E-state index in [1.54, 1.807) is 36.4 Å². The van der Waals surface area contributed by atoms with Gasteiger partial charge in [-0.05, 0) is 84.8 Å². The third-order valence-electron chi connectivity index (χ3n) is 5.67. The smallest absolute Gasteiger partial charge is 0.115 e. The van der Waals surface area contributed by atoms with Crippen LogP contribution in [0.4, 0.5) is 0 Å². The number of nitrogens with zero attached hydrogens (tertiary/aromatic N) is 2. The molecule has 0 aliphatic rings. The zero-order chi connectivity index (χ0) is 22.9. The number of aromatic nitrogens is 2. The fourth-order valence-electron chi connectivity index (χ4n) is 4.00. The zero-order valence-corrected chi connectivity index (χ0v) is 18.0. The molecule has 5 heteroatoms. The Morgan fingerprint density at radius 2 is 1.06 bits per heavy atom. The van der Waals surface area contributed by atoms with Gasteiger partial charge in [-0.3, -0.25) is 0 Å². The van der Waals surface area contributed by atoms with E-state index in [9.17, 15) is 15.3 Å². The molecule has 0 aliphatic heterocycles. The first-order valence-corrected chi connectivity index (χ1v) is 10.6. The Morgan fingerprint density at radius 3 is 1.61 bits per heavy atom. The van der Waals surface area contributed by atoms with Gasteiger partial charge in [-0.25, -0.2) is 4.68 Å². The van der Waals surface area contributed by atoms with E-state index in [1.807, 2.05) is 72.3 Å². The lowest BCUT2D eigenvalue weighted by Crippen LogP contribution is -2.01. The van der Waals surface area contributed by atoms with Crippen molar-refractivity contribution in [2.75, 3.05) is 0 Å². The summed E-state index contributed by atoms with van der Waals surface area (Å²) in [6, 6.07) is 29.1. The van der Waals surface area contributed by atoms with Crippen LogP contribution in [0.3, 0.4) is 0 Å². The third kappa shape index (κ3) is 3.81. The number of phenols is 3. The van der Waals surface area contributed by atoms with Crippen LogP contribution < -0.4 is 0 Å². The minimum Gasteiger partial charge on any atom is -0.508 e. The Balaban J connectivity index is 1.89. The molecule has 5 nitrogen and oxygen atoms in total. The number of benzene rings is 4. The topological polar surface area (TPSA) is 78.5 Å². The first-order valence-electron chi connectivity index (χ1n) is 10.6. The molecule has 33 heavy (non-hydrogen) atoms. The standard InChI is InChI=1S/C28H22N2O3/c1-18-4-2-3-5-25(18)30-28(21-10-16-24(33)17-11-21)26(19-6-12-22(31)13-7-19)27(29-30)20-8-14-23(32)15-9-20/h2-17,31-33H,1H3. The summed E-state index contributed by atoms with van der Waals surface area (Å²) in [6.07, 6.45) is 0. The second-order valence-electron chi connectivity index (χ2n) is 7.91. The molecule has 0 radical (unpaired) electrons. The summed E-state index contributed by atoms with van der Waals surface area (Å²) in [6.45, 7) is 2.04. The molecule has 0 amide bonds. The molecule has 0 fully saturated rings. The Bertz CT molecular complexity index is 1420. The maximum absolute atomic E-state index is 9.89.